The van der Waals surface area contributed by atoms with E-state index in [9.17, 15) is 10.2 Å². The highest BCUT2D eigenvalue weighted by atomic mass is 16.3. The van der Waals surface area contributed by atoms with Crippen molar-refractivity contribution in [1.29, 1.82) is 0 Å². The van der Waals surface area contributed by atoms with Crippen LogP contribution in [0.2, 0.25) is 0 Å². The maximum absolute atomic E-state index is 10.0. The normalized spacial score (nSPS) is 24.6. The molecule has 0 spiro atoms. The van der Waals surface area contributed by atoms with E-state index in [1.54, 1.807) is 0 Å². The number of nitrogens with two attached hydrogens (primary N) is 1. The van der Waals surface area contributed by atoms with Gasteiger partial charge in [-0.2, -0.15) is 0 Å². The van der Waals surface area contributed by atoms with Crippen LogP contribution in [-0.2, 0) is 6.42 Å². The van der Waals surface area contributed by atoms with E-state index in [1.165, 1.54) is 18.4 Å². The quantitative estimate of drug-likeness (QED) is 0.748. The predicted molar refractivity (Wildman–Crippen MR) is 81.4 cm³/mol. The molecule has 1 saturated carbocycles. The molecule has 20 heavy (non-hydrogen) atoms. The van der Waals surface area contributed by atoms with E-state index in [1.807, 2.05) is 12.1 Å². The zero-order valence-corrected chi connectivity index (χ0v) is 12.2. The summed E-state index contributed by atoms with van der Waals surface area (Å²) in [4.78, 5) is 0. The van der Waals surface area contributed by atoms with Crippen LogP contribution in [0.5, 0.6) is 0 Å². The molecule has 0 aliphatic heterocycles. The molecule has 0 heterocycles. The van der Waals surface area contributed by atoms with Crippen LogP contribution in [0.15, 0.2) is 24.3 Å². The van der Waals surface area contributed by atoms with Crippen LogP contribution in [0.25, 0.3) is 0 Å². The van der Waals surface area contributed by atoms with E-state index in [4.69, 9.17) is 5.73 Å². The Labute approximate surface area is 121 Å². The summed E-state index contributed by atoms with van der Waals surface area (Å²) in [5, 5.41) is 20.0. The molecule has 3 unspecified atom stereocenters. The first-order valence-corrected chi connectivity index (χ1v) is 7.85. The fourth-order valence-electron chi connectivity index (χ4n) is 3.16. The van der Waals surface area contributed by atoms with E-state index < -0.39 is 6.10 Å². The fraction of sp³-hybridized carbons (Fsp3) is 0.647. The van der Waals surface area contributed by atoms with Crippen molar-refractivity contribution < 1.29 is 10.2 Å². The van der Waals surface area contributed by atoms with Gasteiger partial charge in [0.1, 0.15) is 0 Å². The van der Waals surface area contributed by atoms with Gasteiger partial charge in [-0.15, -0.1) is 0 Å². The van der Waals surface area contributed by atoms with E-state index in [-0.39, 0.29) is 6.10 Å². The first kappa shape index (κ1) is 15.5. The molecule has 1 aliphatic rings. The van der Waals surface area contributed by atoms with Gasteiger partial charge in [-0.1, -0.05) is 37.1 Å². The number of aliphatic hydroxyl groups excluding tert-OH is 2. The Bertz CT molecular complexity index is 408. The molecule has 0 radical (unpaired) electrons. The van der Waals surface area contributed by atoms with Crippen molar-refractivity contribution in [2.45, 2.75) is 57.2 Å². The monoisotopic (exact) mass is 277 g/mol. The number of aryl methyl sites for hydroxylation is 1. The van der Waals surface area contributed by atoms with Crippen LogP contribution in [0.3, 0.4) is 0 Å². The number of rotatable bonds is 6. The Morgan fingerprint density at radius 1 is 1.25 bits per heavy atom. The van der Waals surface area contributed by atoms with Crippen molar-refractivity contribution >= 4 is 0 Å². The molecular weight excluding hydrogens is 250 g/mol. The third-order valence-electron chi connectivity index (χ3n) is 4.45. The summed E-state index contributed by atoms with van der Waals surface area (Å²) in [6, 6.07) is 8.14. The Morgan fingerprint density at radius 3 is 2.80 bits per heavy atom. The van der Waals surface area contributed by atoms with Gasteiger partial charge in [-0.05, 0) is 55.7 Å². The largest absolute Gasteiger partial charge is 0.393 e. The molecule has 1 aromatic rings. The van der Waals surface area contributed by atoms with Gasteiger partial charge in [0.05, 0.1) is 12.2 Å². The van der Waals surface area contributed by atoms with Gasteiger partial charge >= 0.3 is 0 Å². The molecule has 2 rings (SSSR count). The van der Waals surface area contributed by atoms with Crippen LogP contribution < -0.4 is 5.73 Å². The minimum atomic E-state index is -0.458. The van der Waals surface area contributed by atoms with Crippen molar-refractivity contribution in [2.75, 3.05) is 6.54 Å². The van der Waals surface area contributed by atoms with E-state index in [0.717, 1.165) is 31.2 Å². The average molecular weight is 277 g/mol. The molecule has 112 valence electrons. The summed E-state index contributed by atoms with van der Waals surface area (Å²) >= 11 is 0. The lowest BCUT2D eigenvalue weighted by Gasteiger charge is -2.27. The molecular formula is C17H27NO2. The fourth-order valence-corrected chi connectivity index (χ4v) is 3.16. The van der Waals surface area contributed by atoms with Gasteiger partial charge in [0.15, 0.2) is 0 Å². The molecule has 1 aromatic carbocycles. The molecule has 0 bridgehead atoms. The molecule has 3 atom stereocenters. The Balaban J connectivity index is 1.90. The minimum absolute atomic E-state index is 0.116. The molecule has 0 aromatic heterocycles. The number of aliphatic hydroxyl groups is 2. The SMILES string of the molecule is NCCC(O)c1cccc(CCC2CCCCC2O)c1. The number of benzene rings is 1. The molecule has 4 N–H and O–H groups in total. The third kappa shape index (κ3) is 4.30. The van der Waals surface area contributed by atoms with Crippen LogP contribution in [-0.4, -0.2) is 22.9 Å². The maximum Gasteiger partial charge on any atom is 0.0802 e. The third-order valence-corrected chi connectivity index (χ3v) is 4.45. The zero-order chi connectivity index (χ0) is 14.4. The van der Waals surface area contributed by atoms with Gasteiger partial charge in [0.2, 0.25) is 0 Å². The van der Waals surface area contributed by atoms with Gasteiger partial charge in [0, 0.05) is 0 Å². The first-order valence-electron chi connectivity index (χ1n) is 7.85. The van der Waals surface area contributed by atoms with Crippen LogP contribution in [0.1, 0.15) is 55.8 Å². The average Bonchev–Trinajstić information content (AvgIpc) is 2.47. The van der Waals surface area contributed by atoms with Crippen molar-refractivity contribution in [3.8, 4) is 0 Å². The molecule has 3 heteroatoms. The second-order valence-electron chi connectivity index (χ2n) is 5.99. The summed E-state index contributed by atoms with van der Waals surface area (Å²) in [5.41, 5.74) is 7.69. The first-order chi connectivity index (χ1) is 9.70. The molecule has 3 nitrogen and oxygen atoms in total. The molecule has 0 amide bonds. The predicted octanol–water partition coefficient (Wildman–Crippen LogP) is 2.55. The highest BCUT2D eigenvalue weighted by Crippen LogP contribution is 2.28. The van der Waals surface area contributed by atoms with Gasteiger partial charge in [0.25, 0.3) is 0 Å². The van der Waals surface area contributed by atoms with Gasteiger partial charge < -0.3 is 15.9 Å². The van der Waals surface area contributed by atoms with Crippen molar-refractivity contribution in [1.82, 2.24) is 0 Å². The van der Waals surface area contributed by atoms with Crippen LogP contribution >= 0.6 is 0 Å². The highest BCUT2D eigenvalue weighted by molar-refractivity contribution is 5.25. The zero-order valence-electron chi connectivity index (χ0n) is 12.2. The van der Waals surface area contributed by atoms with Gasteiger partial charge in [-0.25, -0.2) is 0 Å². The lowest BCUT2D eigenvalue weighted by Crippen LogP contribution is -2.24. The topological polar surface area (TPSA) is 66.5 Å². The summed E-state index contributed by atoms with van der Waals surface area (Å²) in [6.45, 7) is 0.500. The molecule has 0 saturated heterocycles. The van der Waals surface area contributed by atoms with E-state index >= 15 is 0 Å². The van der Waals surface area contributed by atoms with Crippen molar-refractivity contribution in [3.63, 3.8) is 0 Å². The maximum atomic E-state index is 10.0. The second kappa shape index (κ2) is 7.77. The van der Waals surface area contributed by atoms with Crippen LogP contribution in [0, 0.1) is 5.92 Å². The Hall–Kier alpha value is -0.900. The lowest BCUT2D eigenvalue weighted by atomic mass is 9.83. The molecule has 1 aliphatic carbocycles. The minimum Gasteiger partial charge on any atom is -0.393 e. The molecule has 1 fully saturated rings. The standard InChI is InChI=1S/C17H27NO2/c18-11-10-17(20)15-6-3-4-13(12-15)8-9-14-5-1-2-7-16(14)19/h3-4,6,12,14,16-17,19-20H,1-2,5,7-11,18H2. The van der Waals surface area contributed by atoms with Gasteiger partial charge in [-0.3, -0.25) is 0 Å². The summed E-state index contributed by atoms with van der Waals surface area (Å²) in [5.74, 6) is 0.446. The second-order valence-corrected chi connectivity index (χ2v) is 5.99. The lowest BCUT2D eigenvalue weighted by molar-refractivity contribution is 0.0655. The summed E-state index contributed by atoms with van der Waals surface area (Å²) < 4.78 is 0. The van der Waals surface area contributed by atoms with Crippen molar-refractivity contribution in [3.05, 3.63) is 35.4 Å². The Kier molecular flexibility index (Phi) is 6.02. The number of hydrogen-bond acceptors (Lipinski definition) is 3. The summed E-state index contributed by atoms with van der Waals surface area (Å²) in [7, 11) is 0. The van der Waals surface area contributed by atoms with E-state index in [0.29, 0.717) is 18.9 Å². The van der Waals surface area contributed by atoms with Crippen LogP contribution in [0.4, 0.5) is 0 Å². The van der Waals surface area contributed by atoms with Crippen molar-refractivity contribution in [2.24, 2.45) is 11.7 Å². The highest BCUT2D eigenvalue weighted by Gasteiger charge is 2.22. The van der Waals surface area contributed by atoms with E-state index in [2.05, 4.69) is 12.1 Å². The summed E-state index contributed by atoms with van der Waals surface area (Å²) in [6.07, 6.45) is 6.56. The smallest absolute Gasteiger partial charge is 0.0802 e. The number of hydrogen-bond donors (Lipinski definition) is 3. The Morgan fingerprint density at radius 2 is 2.05 bits per heavy atom.